The topological polar surface area (TPSA) is 78.4 Å². The van der Waals surface area contributed by atoms with E-state index >= 15 is 0 Å². The van der Waals surface area contributed by atoms with Crippen LogP contribution in [0.5, 0.6) is 0 Å². The molecule has 1 rings (SSSR count). The number of rotatable bonds is 6. The highest BCUT2D eigenvalue weighted by Crippen LogP contribution is 2.26. The molecule has 2 amide bonds. The van der Waals surface area contributed by atoms with Crippen molar-refractivity contribution in [3.05, 3.63) is 28.2 Å². The Bertz CT molecular complexity index is 491. The molecule has 0 radical (unpaired) electrons. The van der Waals surface area contributed by atoms with Gasteiger partial charge in [0.05, 0.1) is 11.3 Å². The molecule has 5 nitrogen and oxygen atoms in total. The summed E-state index contributed by atoms with van der Waals surface area (Å²) >= 11 is 3.25. The molecule has 1 atom stereocenters. The van der Waals surface area contributed by atoms with Crippen LogP contribution in [0.3, 0.4) is 0 Å². The van der Waals surface area contributed by atoms with E-state index in [1.165, 1.54) is 6.07 Å². The number of benzene rings is 1. The number of anilines is 1. The van der Waals surface area contributed by atoms with Crippen LogP contribution in [0.1, 0.15) is 43.5 Å². The lowest BCUT2D eigenvalue weighted by molar-refractivity contribution is 0.0698. The van der Waals surface area contributed by atoms with Gasteiger partial charge in [-0.25, -0.2) is 9.59 Å². The van der Waals surface area contributed by atoms with Crippen molar-refractivity contribution >= 4 is 33.6 Å². The van der Waals surface area contributed by atoms with Gasteiger partial charge in [-0.1, -0.05) is 26.3 Å². The third-order valence-electron chi connectivity index (χ3n) is 2.95. The van der Waals surface area contributed by atoms with E-state index in [2.05, 4.69) is 33.5 Å². The average Bonchev–Trinajstić information content (AvgIpc) is 2.40. The molecule has 0 spiro atoms. The number of hydrogen-bond acceptors (Lipinski definition) is 2. The molecular weight excluding hydrogens is 324 g/mol. The van der Waals surface area contributed by atoms with Crippen LogP contribution in [-0.4, -0.2) is 23.1 Å². The molecule has 0 bridgehead atoms. The third kappa shape index (κ3) is 4.52. The van der Waals surface area contributed by atoms with Gasteiger partial charge in [0, 0.05) is 10.5 Å². The van der Waals surface area contributed by atoms with Crippen molar-refractivity contribution in [2.45, 2.75) is 39.2 Å². The number of amides is 2. The Balaban J connectivity index is 2.82. The highest BCUT2D eigenvalue weighted by atomic mass is 79.9. The quantitative estimate of drug-likeness (QED) is 0.734. The standard InChI is InChI=1S/C14H19BrN2O3/c1-3-6-9(4-2)16-14(20)17-12-10(13(18)19)7-5-8-11(12)15/h5,7-9H,3-4,6H2,1-2H3,(H,18,19)(H2,16,17,20). The molecule has 0 saturated heterocycles. The van der Waals surface area contributed by atoms with E-state index in [0.29, 0.717) is 4.47 Å². The van der Waals surface area contributed by atoms with Crippen molar-refractivity contribution in [1.82, 2.24) is 5.32 Å². The molecule has 0 aromatic heterocycles. The molecule has 0 aliphatic carbocycles. The van der Waals surface area contributed by atoms with E-state index in [1.54, 1.807) is 12.1 Å². The fourth-order valence-electron chi connectivity index (χ4n) is 1.89. The number of carboxylic acid groups (broad SMARTS) is 1. The van der Waals surface area contributed by atoms with Crippen LogP contribution in [0.2, 0.25) is 0 Å². The summed E-state index contributed by atoms with van der Waals surface area (Å²) < 4.78 is 0.538. The first kappa shape index (κ1) is 16.5. The van der Waals surface area contributed by atoms with Crippen molar-refractivity contribution < 1.29 is 14.7 Å². The smallest absolute Gasteiger partial charge is 0.337 e. The normalized spacial score (nSPS) is 11.8. The summed E-state index contributed by atoms with van der Waals surface area (Å²) in [6.07, 6.45) is 2.71. The highest BCUT2D eigenvalue weighted by molar-refractivity contribution is 9.10. The Hall–Kier alpha value is -1.56. The lowest BCUT2D eigenvalue weighted by Gasteiger charge is -2.17. The second-order valence-corrected chi connectivity index (χ2v) is 5.31. The number of urea groups is 1. The van der Waals surface area contributed by atoms with E-state index < -0.39 is 5.97 Å². The molecule has 3 N–H and O–H groups in total. The van der Waals surface area contributed by atoms with Crippen LogP contribution in [0.25, 0.3) is 0 Å². The monoisotopic (exact) mass is 342 g/mol. The zero-order chi connectivity index (χ0) is 15.1. The number of carbonyl (C=O) groups excluding carboxylic acids is 1. The van der Waals surface area contributed by atoms with E-state index in [1.807, 2.05) is 6.92 Å². The van der Waals surface area contributed by atoms with Gasteiger partial charge in [0.15, 0.2) is 0 Å². The van der Waals surface area contributed by atoms with Gasteiger partial charge in [-0.2, -0.15) is 0 Å². The second-order valence-electron chi connectivity index (χ2n) is 4.46. The minimum absolute atomic E-state index is 0.0538. The van der Waals surface area contributed by atoms with Crippen LogP contribution >= 0.6 is 15.9 Å². The first-order valence-corrected chi connectivity index (χ1v) is 7.38. The van der Waals surface area contributed by atoms with Crippen LogP contribution in [-0.2, 0) is 0 Å². The van der Waals surface area contributed by atoms with E-state index in [4.69, 9.17) is 5.11 Å². The van der Waals surface area contributed by atoms with Crippen molar-refractivity contribution in [2.24, 2.45) is 0 Å². The molecule has 0 heterocycles. The molecule has 0 aliphatic heterocycles. The molecule has 0 fully saturated rings. The van der Waals surface area contributed by atoms with E-state index in [-0.39, 0.29) is 23.3 Å². The van der Waals surface area contributed by atoms with Gasteiger partial charge >= 0.3 is 12.0 Å². The molecule has 1 unspecified atom stereocenters. The van der Waals surface area contributed by atoms with Crippen LogP contribution < -0.4 is 10.6 Å². The van der Waals surface area contributed by atoms with Gasteiger partial charge in [0.1, 0.15) is 0 Å². The molecule has 1 aromatic rings. The number of carbonyl (C=O) groups is 2. The van der Waals surface area contributed by atoms with E-state index in [0.717, 1.165) is 19.3 Å². The highest BCUT2D eigenvalue weighted by Gasteiger charge is 2.16. The average molecular weight is 343 g/mol. The summed E-state index contributed by atoms with van der Waals surface area (Å²) in [6.45, 7) is 4.06. The Morgan fingerprint density at radius 2 is 2.05 bits per heavy atom. The largest absolute Gasteiger partial charge is 0.478 e. The Morgan fingerprint density at radius 3 is 2.60 bits per heavy atom. The number of aromatic carboxylic acids is 1. The zero-order valence-electron chi connectivity index (χ0n) is 11.6. The summed E-state index contributed by atoms with van der Waals surface area (Å²) in [4.78, 5) is 23.1. The number of hydrogen-bond donors (Lipinski definition) is 3. The van der Waals surface area contributed by atoms with Gasteiger partial charge in [0.2, 0.25) is 0 Å². The summed E-state index contributed by atoms with van der Waals surface area (Å²) in [7, 11) is 0. The zero-order valence-corrected chi connectivity index (χ0v) is 13.2. The molecule has 20 heavy (non-hydrogen) atoms. The van der Waals surface area contributed by atoms with Crippen LogP contribution in [0, 0.1) is 0 Å². The maximum absolute atomic E-state index is 11.9. The van der Waals surface area contributed by atoms with Crippen LogP contribution in [0.4, 0.5) is 10.5 Å². The van der Waals surface area contributed by atoms with Gasteiger partial charge < -0.3 is 15.7 Å². The third-order valence-corrected chi connectivity index (χ3v) is 3.61. The van der Waals surface area contributed by atoms with Crippen molar-refractivity contribution in [1.29, 1.82) is 0 Å². The first-order chi connectivity index (χ1) is 9.49. The second kappa shape index (κ2) is 7.89. The Labute approximate surface area is 126 Å². The van der Waals surface area contributed by atoms with Gasteiger partial charge in [-0.15, -0.1) is 0 Å². The fourth-order valence-corrected chi connectivity index (χ4v) is 2.36. The maximum Gasteiger partial charge on any atom is 0.337 e. The minimum Gasteiger partial charge on any atom is -0.478 e. The summed E-state index contributed by atoms with van der Waals surface area (Å²) in [5, 5.41) is 14.6. The Kier molecular flexibility index (Phi) is 6.51. The predicted molar refractivity (Wildman–Crippen MR) is 82.2 cm³/mol. The molecular formula is C14H19BrN2O3. The van der Waals surface area contributed by atoms with Crippen molar-refractivity contribution in [2.75, 3.05) is 5.32 Å². The molecule has 1 aromatic carbocycles. The minimum atomic E-state index is -1.08. The maximum atomic E-state index is 11.9. The predicted octanol–water partition coefficient (Wildman–Crippen LogP) is 3.85. The lowest BCUT2D eigenvalue weighted by atomic mass is 10.1. The number of carboxylic acids is 1. The first-order valence-electron chi connectivity index (χ1n) is 6.58. The lowest BCUT2D eigenvalue weighted by Crippen LogP contribution is -2.37. The van der Waals surface area contributed by atoms with Gasteiger partial charge in [0.25, 0.3) is 0 Å². The summed E-state index contributed by atoms with van der Waals surface area (Å²) in [5.41, 5.74) is 0.321. The summed E-state index contributed by atoms with van der Waals surface area (Å²) in [5.74, 6) is -1.08. The van der Waals surface area contributed by atoms with E-state index in [9.17, 15) is 9.59 Å². The molecule has 110 valence electrons. The SMILES string of the molecule is CCCC(CC)NC(=O)Nc1c(Br)cccc1C(=O)O. The van der Waals surface area contributed by atoms with Crippen molar-refractivity contribution in [3.8, 4) is 0 Å². The van der Waals surface area contributed by atoms with Gasteiger partial charge in [-0.05, 0) is 40.9 Å². The van der Waals surface area contributed by atoms with Gasteiger partial charge in [-0.3, -0.25) is 0 Å². The number of halogens is 1. The Morgan fingerprint density at radius 1 is 1.35 bits per heavy atom. The fraction of sp³-hybridized carbons (Fsp3) is 0.429. The molecule has 6 heteroatoms. The summed E-state index contributed by atoms with van der Waals surface area (Å²) in [6, 6.07) is 4.45. The number of nitrogens with one attached hydrogen (secondary N) is 2. The van der Waals surface area contributed by atoms with Crippen molar-refractivity contribution in [3.63, 3.8) is 0 Å². The molecule has 0 aliphatic rings. The number of para-hydroxylation sites is 1. The molecule has 0 saturated carbocycles. The van der Waals surface area contributed by atoms with Crippen LogP contribution in [0.15, 0.2) is 22.7 Å².